The molecule has 0 saturated heterocycles. The fourth-order valence-corrected chi connectivity index (χ4v) is 4.99. The molecule has 1 aliphatic heterocycles. The van der Waals surface area contributed by atoms with E-state index in [0.717, 1.165) is 21.7 Å². The normalized spacial score (nSPS) is 12.6. The van der Waals surface area contributed by atoms with E-state index >= 15 is 0 Å². The summed E-state index contributed by atoms with van der Waals surface area (Å²) in [6.07, 6.45) is 5.44. The topological polar surface area (TPSA) is 105 Å². The number of nitriles is 1. The highest BCUT2D eigenvalue weighted by Crippen LogP contribution is 2.36. The van der Waals surface area contributed by atoms with E-state index in [1.165, 1.54) is 17.4 Å². The Balaban J connectivity index is 1.38. The van der Waals surface area contributed by atoms with Gasteiger partial charge in [-0.2, -0.15) is 5.26 Å². The number of carbonyl (C=O) groups is 2. The van der Waals surface area contributed by atoms with Gasteiger partial charge in [0.05, 0.1) is 25.8 Å². The predicted octanol–water partition coefficient (Wildman–Crippen LogP) is 4.41. The van der Waals surface area contributed by atoms with Crippen molar-refractivity contribution in [2.75, 3.05) is 25.6 Å². The number of hydrogen-bond acceptors (Lipinski definition) is 7. The molecule has 1 aromatic carbocycles. The van der Waals surface area contributed by atoms with Crippen molar-refractivity contribution < 1.29 is 19.1 Å². The standard InChI is InChI=1S/C26H24N4O4S/c1-33-22-8-3-2-6-18(22)9-10-24(31)29-25-21(16-27)20-11-14-30(17-23(20)35-25)26(32)34-15-12-19-7-4-5-13-28-19/h2-10,13H,11-12,14-15,17H2,1H3,(H,29,31)/b10-9+. The van der Waals surface area contributed by atoms with Crippen molar-refractivity contribution in [3.05, 3.63) is 82.0 Å². The van der Waals surface area contributed by atoms with Crippen LogP contribution in [0.15, 0.2) is 54.7 Å². The largest absolute Gasteiger partial charge is 0.496 e. The number of hydrogen-bond donors (Lipinski definition) is 1. The van der Waals surface area contributed by atoms with Crippen molar-refractivity contribution >= 4 is 34.4 Å². The molecule has 4 rings (SSSR count). The Labute approximate surface area is 207 Å². The summed E-state index contributed by atoms with van der Waals surface area (Å²) in [4.78, 5) is 31.8. The first-order chi connectivity index (χ1) is 17.1. The van der Waals surface area contributed by atoms with Gasteiger partial charge in [0.25, 0.3) is 0 Å². The van der Waals surface area contributed by atoms with Gasteiger partial charge >= 0.3 is 6.09 Å². The summed E-state index contributed by atoms with van der Waals surface area (Å²) in [6.45, 7) is 1.03. The van der Waals surface area contributed by atoms with Crippen LogP contribution in [-0.2, 0) is 28.9 Å². The van der Waals surface area contributed by atoms with Crippen molar-refractivity contribution in [3.8, 4) is 11.8 Å². The van der Waals surface area contributed by atoms with Crippen molar-refractivity contribution in [1.29, 1.82) is 5.26 Å². The van der Waals surface area contributed by atoms with E-state index in [1.54, 1.807) is 24.3 Å². The highest BCUT2D eigenvalue weighted by Gasteiger charge is 2.28. The van der Waals surface area contributed by atoms with E-state index in [4.69, 9.17) is 9.47 Å². The molecule has 3 heterocycles. The number of nitrogens with zero attached hydrogens (tertiary/aromatic N) is 3. The van der Waals surface area contributed by atoms with Gasteiger partial charge in [-0.3, -0.25) is 9.78 Å². The Kier molecular flexibility index (Phi) is 7.75. The number of anilines is 1. The number of aromatic nitrogens is 1. The SMILES string of the molecule is COc1ccccc1/C=C/C(=O)Nc1sc2c(c1C#N)CCN(C(=O)OCCc1ccccn1)C2. The van der Waals surface area contributed by atoms with Crippen LogP contribution in [0.1, 0.15) is 27.3 Å². The molecule has 1 aliphatic rings. The van der Waals surface area contributed by atoms with E-state index in [-0.39, 0.29) is 12.5 Å². The summed E-state index contributed by atoms with van der Waals surface area (Å²) >= 11 is 1.31. The second kappa shape index (κ2) is 11.3. The third kappa shape index (κ3) is 5.86. The summed E-state index contributed by atoms with van der Waals surface area (Å²) in [5.74, 6) is 0.310. The molecular formula is C26H24N4O4S. The summed E-state index contributed by atoms with van der Waals surface area (Å²) in [7, 11) is 1.57. The maximum absolute atomic E-state index is 12.5. The van der Waals surface area contributed by atoms with E-state index < -0.39 is 6.09 Å². The summed E-state index contributed by atoms with van der Waals surface area (Å²) < 4.78 is 10.7. The van der Waals surface area contributed by atoms with Gasteiger partial charge in [-0.15, -0.1) is 11.3 Å². The minimum absolute atomic E-state index is 0.243. The molecule has 178 valence electrons. The lowest BCUT2D eigenvalue weighted by atomic mass is 10.0. The third-order valence-corrected chi connectivity index (χ3v) is 6.66. The van der Waals surface area contributed by atoms with Crippen LogP contribution >= 0.6 is 11.3 Å². The molecule has 35 heavy (non-hydrogen) atoms. The van der Waals surface area contributed by atoms with E-state index in [9.17, 15) is 14.9 Å². The molecule has 2 aromatic heterocycles. The number of methoxy groups -OCH3 is 1. The number of fused-ring (bicyclic) bond motifs is 1. The lowest BCUT2D eigenvalue weighted by Crippen LogP contribution is -2.36. The van der Waals surface area contributed by atoms with Gasteiger partial charge in [-0.05, 0) is 36.3 Å². The number of pyridine rings is 1. The van der Waals surface area contributed by atoms with Crippen LogP contribution in [0.4, 0.5) is 9.80 Å². The quantitative estimate of drug-likeness (QED) is 0.494. The molecule has 0 spiro atoms. The van der Waals surface area contributed by atoms with Crippen LogP contribution in [0.5, 0.6) is 5.75 Å². The molecule has 0 radical (unpaired) electrons. The van der Waals surface area contributed by atoms with Crippen LogP contribution in [0.3, 0.4) is 0 Å². The minimum atomic E-state index is -0.399. The van der Waals surface area contributed by atoms with Crippen LogP contribution in [-0.4, -0.2) is 42.1 Å². The van der Waals surface area contributed by atoms with Crippen LogP contribution in [0.2, 0.25) is 0 Å². The van der Waals surface area contributed by atoms with Crippen molar-refractivity contribution in [2.45, 2.75) is 19.4 Å². The second-order valence-corrected chi connectivity index (χ2v) is 8.85. The molecule has 0 unspecified atom stereocenters. The van der Waals surface area contributed by atoms with Crippen molar-refractivity contribution in [1.82, 2.24) is 9.88 Å². The fraction of sp³-hybridized carbons (Fsp3) is 0.231. The molecule has 0 atom stereocenters. The van der Waals surface area contributed by atoms with Crippen LogP contribution in [0.25, 0.3) is 6.08 Å². The van der Waals surface area contributed by atoms with Gasteiger partial charge in [0.2, 0.25) is 5.91 Å². The lowest BCUT2D eigenvalue weighted by Gasteiger charge is -2.26. The lowest BCUT2D eigenvalue weighted by molar-refractivity contribution is -0.111. The first-order valence-corrected chi connectivity index (χ1v) is 11.9. The number of para-hydroxylation sites is 1. The van der Waals surface area contributed by atoms with Gasteiger partial charge in [0.1, 0.15) is 16.8 Å². The van der Waals surface area contributed by atoms with Gasteiger partial charge < -0.3 is 19.7 Å². The number of rotatable bonds is 7. The number of amides is 2. The molecule has 0 aliphatic carbocycles. The highest BCUT2D eigenvalue weighted by molar-refractivity contribution is 7.16. The third-order valence-electron chi connectivity index (χ3n) is 5.53. The minimum Gasteiger partial charge on any atom is -0.496 e. The Hall–Kier alpha value is -4.16. The van der Waals surface area contributed by atoms with Crippen LogP contribution < -0.4 is 10.1 Å². The maximum Gasteiger partial charge on any atom is 0.410 e. The predicted molar refractivity (Wildman–Crippen MR) is 133 cm³/mol. The van der Waals surface area contributed by atoms with Gasteiger partial charge in [0, 0.05) is 41.4 Å². The fourth-order valence-electron chi connectivity index (χ4n) is 3.77. The van der Waals surface area contributed by atoms with E-state index in [2.05, 4.69) is 16.4 Å². The molecule has 3 aromatic rings. The summed E-state index contributed by atoms with van der Waals surface area (Å²) in [6, 6.07) is 15.2. The molecule has 9 heteroatoms. The number of thiophene rings is 1. The molecule has 0 fully saturated rings. The number of nitrogens with one attached hydrogen (secondary N) is 1. The zero-order valence-corrected chi connectivity index (χ0v) is 20.0. The first kappa shape index (κ1) is 24.0. The van der Waals surface area contributed by atoms with Gasteiger partial charge in [-0.25, -0.2) is 4.79 Å². The summed E-state index contributed by atoms with van der Waals surface area (Å²) in [5.41, 5.74) is 2.96. The average molecular weight is 489 g/mol. The molecule has 0 saturated carbocycles. The highest BCUT2D eigenvalue weighted by atomic mass is 32.1. The molecular weight excluding hydrogens is 464 g/mol. The average Bonchev–Trinajstić information content (AvgIpc) is 3.24. The zero-order valence-electron chi connectivity index (χ0n) is 19.2. The molecule has 0 bridgehead atoms. The molecule has 1 N–H and O–H groups in total. The Bertz CT molecular complexity index is 1280. The second-order valence-electron chi connectivity index (χ2n) is 7.74. The summed E-state index contributed by atoms with van der Waals surface area (Å²) in [5, 5.41) is 13.0. The maximum atomic E-state index is 12.5. The molecule has 8 nitrogen and oxygen atoms in total. The first-order valence-electron chi connectivity index (χ1n) is 11.1. The number of carbonyl (C=O) groups excluding carboxylic acids is 2. The Morgan fingerprint density at radius 2 is 2.09 bits per heavy atom. The van der Waals surface area contributed by atoms with Gasteiger partial charge in [0.15, 0.2) is 0 Å². The monoisotopic (exact) mass is 488 g/mol. The van der Waals surface area contributed by atoms with Crippen LogP contribution in [0, 0.1) is 11.3 Å². The van der Waals surface area contributed by atoms with Gasteiger partial charge in [-0.1, -0.05) is 24.3 Å². The smallest absolute Gasteiger partial charge is 0.410 e. The molecule has 2 amide bonds. The Morgan fingerprint density at radius 3 is 2.86 bits per heavy atom. The van der Waals surface area contributed by atoms with E-state index in [0.29, 0.717) is 42.2 Å². The number of ether oxygens (including phenoxy) is 2. The van der Waals surface area contributed by atoms with Crippen molar-refractivity contribution in [3.63, 3.8) is 0 Å². The van der Waals surface area contributed by atoms with Crippen molar-refractivity contribution in [2.24, 2.45) is 0 Å². The number of benzene rings is 1. The zero-order chi connectivity index (χ0) is 24.6. The Morgan fingerprint density at radius 1 is 1.26 bits per heavy atom. The van der Waals surface area contributed by atoms with E-state index in [1.807, 2.05) is 42.5 Å².